The molecule has 1 N–H and O–H groups in total. The highest BCUT2D eigenvalue weighted by Gasteiger charge is 2.18. The van der Waals surface area contributed by atoms with E-state index in [1.807, 2.05) is 24.3 Å². The van der Waals surface area contributed by atoms with Crippen molar-refractivity contribution < 1.29 is 14.1 Å². The quantitative estimate of drug-likeness (QED) is 0.292. The largest absolute Gasteiger partial charge is 0.436 e. The van der Waals surface area contributed by atoms with Crippen LogP contribution in [0.15, 0.2) is 87.9 Å². The van der Waals surface area contributed by atoms with E-state index >= 15 is 0 Å². The molecule has 0 aliphatic rings. The summed E-state index contributed by atoms with van der Waals surface area (Å²) in [6, 6.07) is 20.3. The zero-order valence-corrected chi connectivity index (χ0v) is 17.0. The van der Waals surface area contributed by atoms with Gasteiger partial charge in [0, 0.05) is 33.4 Å². The molecule has 0 fully saturated rings. The standard InChI is InChI=1S/C22H14BrN3O4/c23-15-6-3-5-14(11-15)20-13-24-22(30-20)19-10-2-1-9-18(19)21(27)25-16-7-4-8-17(12-16)26(28)29/h1-13H,(H,25,27). The molecule has 1 amide bonds. The van der Waals surface area contributed by atoms with Crippen molar-refractivity contribution in [1.29, 1.82) is 0 Å². The van der Waals surface area contributed by atoms with Gasteiger partial charge in [0.15, 0.2) is 5.76 Å². The van der Waals surface area contributed by atoms with Gasteiger partial charge in [-0.05, 0) is 30.3 Å². The number of benzene rings is 3. The van der Waals surface area contributed by atoms with Crippen LogP contribution in [0.25, 0.3) is 22.8 Å². The number of carbonyl (C=O) groups excluding carboxylic acids is 1. The Bertz CT molecular complexity index is 1250. The Kier molecular flexibility index (Phi) is 5.40. The monoisotopic (exact) mass is 463 g/mol. The molecule has 0 saturated heterocycles. The Hall–Kier alpha value is -3.78. The van der Waals surface area contributed by atoms with E-state index in [9.17, 15) is 14.9 Å². The summed E-state index contributed by atoms with van der Waals surface area (Å²) in [5, 5.41) is 13.6. The summed E-state index contributed by atoms with van der Waals surface area (Å²) in [4.78, 5) is 27.6. The van der Waals surface area contributed by atoms with Gasteiger partial charge in [-0.3, -0.25) is 14.9 Å². The van der Waals surface area contributed by atoms with Crippen molar-refractivity contribution in [3.63, 3.8) is 0 Å². The summed E-state index contributed by atoms with van der Waals surface area (Å²) in [6.07, 6.45) is 1.60. The maximum Gasteiger partial charge on any atom is 0.271 e. The van der Waals surface area contributed by atoms with Crippen molar-refractivity contribution in [2.75, 3.05) is 5.32 Å². The lowest BCUT2D eigenvalue weighted by Crippen LogP contribution is -2.13. The van der Waals surface area contributed by atoms with Gasteiger partial charge in [-0.1, -0.05) is 46.3 Å². The predicted molar refractivity (Wildman–Crippen MR) is 116 cm³/mol. The maximum atomic E-state index is 12.9. The van der Waals surface area contributed by atoms with E-state index in [-0.39, 0.29) is 5.69 Å². The fourth-order valence-corrected chi connectivity index (χ4v) is 3.34. The van der Waals surface area contributed by atoms with Gasteiger partial charge >= 0.3 is 0 Å². The Morgan fingerprint density at radius 1 is 1.03 bits per heavy atom. The van der Waals surface area contributed by atoms with E-state index in [4.69, 9.17) is 4.42 Å². The van der Waals surface area contributed by atoms with Crippen LogP contribution in [0.4, 0.5) is 11.4 Å². The molecule has 8 heteroatoms. The summed E-state index contributed by atoms with van der Waals surface area (Å²) >= 11 is 3.43. The van der Waals surface area contributed by atoms with Gasteiger partial charge in [-0.15, -0.1) is 0 Å². The molecule has 0 saturated carbocycles. The number of carbonyl (C=O) groups is 1. The molecule has 0 unspecified atom stereocenters. The van der Waals surface area contributed by atoms with Gasteiger partial charge in [-0.25, -0.2) is 4.98 Å². The number of anilines is 1. The van der Waals surface area contributed by atoms with Crippen LogP contribution in [-0.4, -0.2) is 15.8 Å². The van der Waals surface area contributed by atoms with Crippen molar-refractivity contribution in [3.8, 4) is 22.8 Å². The second kappa shape index (κ2) is 8.30. The molecule has 0 bridgehead atoms. The molecule has 0 spiro atoms. The molecule has 7 nitrogen and oxygen atoms in total. The zero-order chi connectivity index (χ0) is 21.1. The highest BCUT2D eigenvalue weighted by Crippen LogP contribution is 2.30. The van der Waals surface area contributed by atoms with Crippen molar-refractivity contribution in [1.82, 2.24) is 4.98 Å². The van der Waals surface area contributed by atoms with Crippen LogP contribution in [-0.2, 0) is 0 Å². The number of hydrogen-bond acceptors (Lipinski definition) is 5. The first-order valence-electron chi connectivity index (χ1n) is 8.88. The van der Waals surface area contributed by atoms with Crippen LogP contribution in [0.3, 0.4) is 0 Å². The Morgan fingerprint density at radius 3 is 2.63 bits per heavy atom. The molecular weight excluding hydrogens is 450 g/mol. The first kappa shape index (κ1) is 19.5. The molecule has 4 rings (SSSR count). The van der Waals surface area contributed by atoms with Gasteiger partial charge in [0.1, 0.15) is 0 Å². The van der Waals surface area contributed by atoms with Crippen LogP contribution in [0.1, 0.15) is 10.4 Å². The average molecular weight is 464 g/mol. The lowest BCUT2D eigenvalue weighted by molar-refractivity contribution is -0.384. The Morgan fingerprint density at radius 2 is 1.83 bits per heavy atom. The van der Waals surface area contributed by atoms with Crippen LogP contribution >= 0.6 is 15.9 Å². The number of nitrogens with one attached hydrogen (secondary N) is 1. The number of nitro benzene ring substituents is 1. The first-order chi connectivity index (χ1) is 14.5. The summed E-state index contributed by atoms with van der Waals surface area (Å²) in [5.74, 6) is 0.447. The van der Waals surface area contributed by atoms with Crippen molar-refractivity contribution in [3.05, 3.63) is 99.1 Å². The number of hydrogen-bond donors (Lipinski definition) is 1. The number of aromatic nitrogens is 1. The second-order valence-electron chi connectivity index (χ2n) is 6.35. The minimum absolute atomic E-state index is 0.104. The number of nitro groups is 1. The SMILES string of the molecule is O=C(Nc1cccc([N+](=O)[O-])c1)c1ccccc1-c1ncc(-c2cccc(Br)c2)o1. The van der Waals surface area contributed by atoms with Crippen LogP contribution < -0.4 is 5.32 Å². The minimum Gasteiger partial charge on any atom is -0.436 e. The van der Waals surface area contributed by atoms with Gasteiger partial charge in [0.2, 0.25) is 5.89 Å². The normalized spacial score (nSPS) is 10.6. The third-order valence-electron chi connectivity index (χ3n) is 4.33. The fraction of sp³-hybridized carbons (Fsp3) is 0. The molecule has 0 aliphatic carbocycles. The number of non-ortho nitro benzene ring substituents is 1. The lowest BCUT2D eigenvalue weighted by atomic mass is 10.1. The van der Waals surface area contributed by atoms with E-state index in [1.165, 1.54) is 18.2 Å². The predicted octanol–water partition coefficient (Wildman–Crippen LogP) is 5.93. The molecule has 0 atom stereocenters. The van der Waals surface area contributed by atoms with Gasteiger partial charge in [0.05, 0.1) is 16.7 Å². The number of nitrogens with zero attached hydrogens (tertiary/aromatic N) is 2. The summed E-state index contributed by atoms with van der Waals surface area (Å²) < 4.78 is 6.81. The number of amides is 1. The molecule has 30 heavy (non-hydrogen) atoms. The van der Waals surface area contributed by atoms with Gasteiger partial charge in [-0.2, -0.15) is 0 Å². The van der Waals surface area contributed by atoms with E-state index in [2.05, 4.69) is 26.2 Å². The molecular formula is C22H14BrN3O4. The lowest BCUT2D eigenvalue weighted by Gasteiger charge is -2.08. The highest BCUT2D eigenvalue weighted by molar-refractivity contribution is 9.10. The average Bonchev–Trinajstić information content (AvgIpc) is 3.24. The van der Waals surface area contributed by atoms with E-state index in [0.29, 0.717) is 28.5 Å². The molecule has 4 aromatic rings. The summed E-state index contributed by atoms with van der Waals surface area (Å²) in [6.45, 7) is 0. The molecule has 1 aromatic heterocycles. The molecule has 148 valence electrons. The fourth-order valence-electron chi connectivity index (χ4n) is 2.94. The Labute approximate surface area is 179 Å². The zero-order valence-electron chi connectivity index (χ0n) is 15.4. The maximum absolute atomic E-state index is 12.9. The van der Waals surface area contributed by atoms with Crippen LogP contribution in [0.5, 0.6) is 0 Å². The van der Waals surface area contributed by atoms with Crippen molar-refractivity contribution in [2.24, 2.45) is 0 Å². The minimum atomic E-state index is -0.514. The van der Waals surface area contributed by atoms with Gasteiger partial charge < -0.3 is 9.73 Å². The van der Waals surface area contributed by atoms with Crippen molar-refractivity contribution in [2.45, 2.75) is 0 Å². The number of halogens is 1. The van der Waals surface area contributed by atoms with E-state index < -0.39 is 10.8 Å². The number of oxazole rings is 1. The third kappa shape index (κ3) is 4.13. The number of rotatable bonds is 5. The van der Waals surface area contributed by atoms with E-state index in [0.717, 1.165) is 10.0 Å². The van der Waals surface area contributed by atoms with E-state index in [1.54, 1.807) is 36.5 Å². The van der Waals surface area contributed by atoms with Crippen molar-refractivity contribution >= 4 is 33.2 Å². The summed E-state index contributed by atoms with van der Waals surface area (Å²) in [7, 11) is 0. The molecule has 0 aliphatic heterocycles. The Balaban J connectivity index is 1.64. The topological polar surface area (TPSA) is 98.3 Å². The first-order valence-corrected chi connectivity index (χ1v) is 9.67. The second-order valence-corrected chi connectivity index (χ2v) is 7.26. The smallest absolute Gasteiger partial charge is 0.271 e. The van der Waals surface area contributed by atoms with Gasteiger partial charge in [0.25, 0.3) is 11.6 Å². The highest BCUT2D eigenvalue weighted by atomic mass is 79.9. The summed E-state index contributed by atoms with van der Waals surface area (Å²) in [5.41, 5.74) is 1.92. The van der Waals surface area contributed by atoms with Crippen LogP contribution in [0, 0.1) is 10.1 Å². The van der Waals surface area contributed by atoms with Crippen LogP contribution in [0.2, 0.25) is 0 Å². The third-order valence-corrected chi connectivity index (χ3v) is 4.83. The molecule has 0 radical (unpaired) electrons. The molecule has 1 heterocycles. The molecule has 3 aromatic carbocycles.